The van der Waals surface area contributed by atoms with Gasteiger partial charge in [-0.05, 0) is 29.8 Å². The number of hydrogen-bond donors (Lipinski definition) is 2. The Morgan fingerprint density at radius 2 is 1.75 bits per heavy atom. The summed E-state index contributed by atoms with van der Waals surface area (Å²) in [5.41, 5.74) is 7.30. The molecule has 0 fully saturated rings. The molecule has 4 aromatic rings. The predicted molar refractivity (Wildman–Crippen MR) is 121 cm³/mol. The fourth-order valence-electron chi connectivity index (χ4n) is 3.25. The topological polar surface area (TPSA) is 114 Å². The number of anilines is 2. The number of methoxy groups -OCH3 is 2. The van der Waals surface area contributed by atoms with Crippen molar-refractivity contribution in [2.24, 2.45) is 7.05 Å². The van der Waals surface area contributed by atoms with Gasteiger partial charge in [-0.2, -0.15) is 5.10 Å². The summed E-state index contributed by atoms with van der Waals surface area (Å²) >= 11 is 0. The Balaban J connectivity index is 1.47. The molecule has 1 amide bonds. The molecule has 3 N–H and O–H groups in total. The van der Waals surface area contributed by atoms with Crippen LogP contribution in [0.5, 0.6) is 23.0 Å². The van der Waals surface area contributed by atoms with Crippen LogP contribution >= 0.6 is 0 Å². The molecule has 0 atom stereocenters. The molecule has 0 bridgehead atoms. The van der Waals surface area contributed by atoms with Crippen LogP contribution in [0.15, 0.2) is 54.7 Å². The van der Waals surface area contributed by atoms with E-state index in [1.54, 1.807) is 45.7 Å². The van der Waals surface area contributed by atoms with Crippen LogP contribution in [0.4, 0.5) is 11.6 Å². The van der Waals surface area contributed by atoms with E-state index >= 15 is 0 Å². The van der Waals surface area contributed by atoms with Crippen molar-refractivity contribution in [3.8, 4) is 23.0 Å². The fourth-order valence-corrected chi connectivity index (χ4v) is 3.25. The number of nitrogen functional groups attached to an aromatic ring is 1. The highest BCUT2D eigenvalue weighted by molar-refractivity contribution is 5.91. The first-order chi connectivity index (χ1) is 15.5. The number of nitrogens with one attached hydrogen (secondary N) is 1. The molecule has 2 aromatic heterocycles. The van der Waals surface area contributed by atoms with Gasteiger partial charge in [0.25, 0.3) is 0 Å². The van der Waals surface area contributed by atoms with E-state index < -0.39 is 0 Å². The second-order valence-corrected chi connectivity index (χ2v) is 7.08. The van der Waals surface area contributed by atoms with Crippen molar-refractivity contribution in [3.63, 3.8) is 0 Å². The average molecular weight is 433 g/mol. The highest BCUT2D eigenvalue weighted by Crippen LogP contribution is 2.36. The zero-order chi connectivity index (χ0) is 22.7. The lowest BCUT2D eigenvalue weighted by Gasteiger charge is -2.12. The van der Waals surface area contributed by atoms with E-state index in [9.17, 15) is 4.79 Å². The number of rotatable bonds is 7. The molecular weight excluding hydrogens is 410 g/mol. The number of fused-ring (bicyclic) bond motifs is 1. The molecule has 0 spiro atoms. The SMILES string of the molecule is COc1cc2nccc(Oc3ccc(CC(=O)Nc4cc(N)n(C)n4)cc3)c2cc1OC. The highest BCUT2D eigenvalue weighted by Gasteiger charge is 2.12. The fraction of sp³-hybridized carbons (Fsp3) is 0.174. The number of carbonyl (C=O) groups excluding carboxylic acids is 1. The van der Waals surface area contributed by atoms with Crippen LogP contribution in [-0.2, 0) is 18.3 Å². The largest absolute Gasteiger partial charge is 0.493 e. The van der Waals surface area contributed by atoms with Gasteiger partial charge >= 0.3 is 0 Å². The Labute approximate surface area is 184 Å². The highest BCUT2D eigenvalue weighted by atomic mass is 16.5. The van der Waals surface area contributed by atoms with E-state index in [4.69, 9.17) is 19.9 Å². The Morgan fingerprint density at radius 3 is 2.41 bits per heavy atom. The maximum absolute atomic E-state index is 12.3. The summed E-state index contributed by atoms with van der Waals surface area (Å²) < 4.78 is 18.3. The molecule has 2 aromatic carbocycles. The van der Waals surface area contributed by atoms with Gasteiger partial charge in [-0.1, -0.05) is 12.1 Å². The number of carbonyl (C=O) groups is 1. The third-order valence-electron chi connectivity index (χ3n) is 4.91. The van der Waals surface area contributed by atoms with Gasteiger partial charge in [0.2, 0.25) is 5.91 Å². The maximum Gasteiger partial charge on any atom is 0.229 e. The molecule has 9 heteroatoms. The number of pyridine rings is 1. The smallest absolute Gasteiger partial charge is 0.229 e. The molecule has 0 aliphatic carbocycles. The quantitative estimate of drug-likeness (QED) is 0.458. The number of hydrogen-bond acceptors (Lipinski definition) is 7. The maximum atomic E-state index is 12.3. The molecule has 164 valence electrons. The molecule has 9 nitrogen and oxygen atoms in total. The lowest BCUT2D eigenvalue weighted by molar-refractivity contribution is -0.115. The molecule has 0 radical (unpaired) electrons. The number of nitrogens with two attached hydrogens (primary N) is 1. The van der Waals surface area contributed by atoms with Crippen LogP contribution in [-0.4, -0.2) is 34.9 Å². The number of ether oxygens (including phenoxy) is 3. The lowest BCUT2D eigenvalue weighted by Crippen LogP contribution is -2.14. The van der Waals surface area contributed by atoms with Crippen LogP contribution in [0.1, 0.15) is 5.56 Å². The number of benzene rings is 2. The van der Waals surface area contributed by atoms with Gasteiger partial charge in [-0.15, -0.1) is 0 Å². The minimum absolute atomic E-state index is 0.182. The molecule has 0 aliphatic heterocycles. The van der Waals surface area contributed by atoms with Gasteiger partial charge in [0, 0.05) is 30.8 Å². The van der Waals surface area contributed by atoms with E-state index in [-0.39, 0.29) is 12.3 Å². The van der Waals surface area contributed by atoms with Crippen molar-refractivity contribution in [1.82, 2.24) is 14.8 Å². The summed E-state index contributed by atoms with van der Waals surface area (Å²) in [5.74, 6) is 3.17. The van der Waals surface area contributed by atoms with Crippen molar-refractivity contribution in [2.75, 3.05) is 25.3 Å². The normalized spacial score (nSPS) is 10.7. The van der Waals surface area contributed by atoms with Gasteiger partial charge in [-0.25, -0.2) is 0 Å². The van der Waals surface area contributed by atoms with Gasteiger partial charge in [0.05, 0.1) is 26.2 Å². The molecule has 0 saturated heterocycles. The molecule has 2 heterocycles. The van der Waals surface area contributed by atoms with Crippen molar-refractivity contribution in [2.45, 2.75) is 6.42 Å². The van der Waals surface area contributed by atoms with Gasteiger partial charge in [-0.3, -0.25) is 14.5 Å². The summed E-state index contributed by atoms with van der Waals surface area (Å²) in [7, 11) is 4.87. The minimum atomic E-state index is -0.182. The standard InChI is InChI=1S/C23H23N5O4/c1-28-21(24)13-22(27-28)26-23(29)10-14-4-6-15(7-5-14)32-18-8-9-25-17-12-20(31-3)19(30-2)11-16(17)18/h4-9,11-13H,10,24H2,1-3H3,(H,26,27,29). The summed E-state index contributed by atoms with van der Waals surface area (Å²) in [6.07, 6.45) is 1.87. The number of aryl methyl sites for hydroxylation is 1. The molecular formula is C23H23N5O4. The van der Waals surface area contributed by atoms with E-state index in [1.807, 2.05) is 30.3 Å². The van der Waals surface area contributed by atoms with Crippen molar-refractivity contribution >= 4 is 28.4 Å². The second kappa shape index (κ2) is 8.84. The summed E-state index contributed by atoms with van der Waals surface area (Å²) in [6.45, 7) is 0. The third-order valence-corrected chi connectivity index (χ3v) is 4.91. The number of nitrogens with zero attached hydrogens (tertiary/aromatic N) is 3. The second-order valence-electron chi connectivity index (χ2n) is 7.08. The summed E-state index contributed by atoms with van der Waals surface area (Å²) in [6, 6.07) is 14.3. The van der Waals surface area contributed by atoms with E-state index in [1.165, 1.54) is 4.68 Å². The van der Waals surface area contributed by atoms with E-state index in [0.717, 1.165) is 16.5 Å². The first-order valence-electron chi connectivity index (χ1n) is 9.83. The Hall–Kier alpha value is -4.27. The number of amides is 1. The van der Waals surface area contributed by atoms with E-state index in [2.05, 4.69) is 15.4 Å². The molecule has 0 unspecified atom stereocenters. The van der Waals surface area contributed by atoms with E-state index in [0.29, 0.717) is 34.6 Å². The monoisotopic (exact) mass is 433 g/mol. The molecule has 32 heavy (non-hydrogen) atoms. The zero-order valence-electron chi connectivity index (χ0n) is 18.0. The van der Waals surface area contributed by atoms with Gasteiger partial charge in [0.15, 0.2) is 17.3 Å². The Morgan fingerprint density at radius 1 is 1.03 bits per heavy atom. The first-order valence-corrected chi connectivity index (χ1v) is 9.83. The van der Waals surface area contributed by atoms with Crippen LogP contribution < -0.4 is 25.3 Å². The molecule has 0 saturated carbocycles. The van der Waals surface area contributed by atoms with Crippen LogP contribution in [0.2, 0.25) is 0 Å². The van der Waals surface area contributed by atoms with Crippen LogP contribution in [0.3, 0.4) is 0 Å². The first kappa shape index (κ1) is 21.0. The van der Waals surface area contributed by atoms with Gasteiger partial charge < -0.3 is 25.3 Å². The average Bonchev–Trinajstić information content (AvgIpc) is 3.10. The van der Waals surface area contributed by atoms with Gasteiger partial charge in [0.1, 0.15) is 17.3 Å². The molecule has 4 rings (SSSR count). The molecule has 0 aliphatic rings. The minimum Gasteiger partial charge on any atom is -0.493 e. The third kappa shape index (κ3) is 4.41. The Bertz CT molecular complexity index is 1250. The van der Waals surface area contributed by atoms with Crippen LogP contribution in [0, 0.1) is 0 Å². The Kier molecular flexibility index (Phi) is 5.80. The zero-order valence-corrected chi connectivity index (χ0v) is 18.0. The number of aromatic nitrogens is 3. The van der Waals surface area contributed by atoms with Crippen molar-refractivity contribution in [1.29, 1.82) is 0 Å². The van der Waals surface area contributed by atoms with Crippen LogP contribution in [0.25, 0.3) is 10.9 Å². The summed E-state index contributed by atoms with van der Waals surface area (Å²) in [5, 5.41) is 7.65. The summed E-state index contributed by atoms with van der Waals surface area (Å²) in [4.78, 5) is 16.7. The van der Waals surface area contributed by atoms with Crippen molar-refractivity contribution < 1.29 is 19.0 Å². The van der Waals surface area contributed by atoms with Crippen molar-refractivity contribution in [3.05, 3.63) is 60.3 Å². The lowest BCUT2D eigenvalue weighted by atomic mass is 10.1. The predicted octanol–water partition coefficient (Wildman–Crippen LogP) is 3.54.